The molecule has 0 amide bonds. The van der Waals surface area contributed by atoms with Crippen LogP contribution in [0.2, 0.25) is 0 Å². The molecule has 3 heteroatoms. The number of hydrogen-bond donors (Lipinski definition) is 0. The maximum atomic E-state index is 13.2. The van der Waals surface area contributed by atoms with Gasteiger partial charge in [0.2, 0.25) is 0 Å². The van der Waals surface area contributed by atoms with Gasteiger partial charge in [-0.25, -0.2) is 9.18 Å². The molecule has 0 aliphatic heterocycles. The Morgan fingerprint density at radius 3 is 2.71 bits per heavy atom. The van der Waals surface area contributed by atoms with Crippen LogP contribution in [-0.2, 0) is 4.74 Å². The molecule has 0 saturated carbocycles. The van der Waals surface area contributed by atoms with Gasteiger partial charge in [-0.2, -0.15) is 0 Å². The van der Waals surface area contributed by atoms with Crippen molar-refractivity contribution in [1.29, 1.82) is 0 Å². The lowest BCUT2D eigenvalue weighted by atomic mass is 10.1. The molecule has 2 nitrogen and oxygen atoms in total. The summed E-state index contributed by atoms with van der Waals surface area (Å²) in [5, 5.41) is 0. The molecule has 0 fully saturated rings. The highest BCUT2D eigenvalue weighted by atomic mass is 19.1. The minimum Gasteiger partial charge on any atom is -0.465 e. The average Bonchev–Trinajstić information content (AvgIpc) is 2.17. The standard InChI is InChI=1S/C11H9FO2/c1-3-4-8-5-6-9(10(12)7-8)11(13)14-2/h5-7H,1-2H3. The fraction of sp³-hybridized carbons (Fsp3) is 0.182. The molecule has 0 unspecified atom stereocenters. The highest BCUT2D eigenvalue weighted by Crippen LogP contribution is 2.10. The van der Waals surface area contributed by atoms with E-state index in [-0.39, 0.29) is 5.56 Å². The van der Waals surface area contributed by atoms with E-state index in [1.807, 2.05) is 0 Å². The van der Waals surface area contributed by atoms with Crippen molar-refractivity contribution in [3.05, 3.63) is 35.1 Å². The molecule has 72 valence electrons. The Morgan fingerprint density at radius 1 is 1.50 bits per heavy atom. The van der Waals surface area contributed by atoms with Gasteiger partial charge in [-0.05, 0) is 25.1 Å². The molecule has 0 N–H and O–H groups in total. The first-order valence-corrected chi connectivity index (χ1v) is 3.99. The van der Waals surface area contributed by atoms with Crippen LogP contribution in [0.25, 0.3) is 0 Å². The molecular weight excluding hydrogens is 183 g/mol. The molecule has 0 atom stereocenters. The Kier molecular flexibility index (Phi) is 3.24. The summed E-state index contributed by atoms with van der Waals surface area (Å²) in [5.74, 6) is 4.04. The second kappa shape index (κ2) is 4.43. The van der Waals surface area contributed by atoms with Gasteiger partial charge in [-0.15, -0.1) is 5.92 Å². The molecular formula is C11H9FO2. The topological polar surface area (TPSA) is 26.3 Å². The summed E-state index contributed by atoms with van der Waals surface area (Å²) in [4.78, 5) is 11.0. The van der Waals surface area contributed by atoms with E-state index in [0.717, 1.165) is 0 Å². The fourth-order valence-electron chi connectivity index (χ4n) is 1.01. The van der Waals surface area contributed by atoms with Gasteiger partial charge in [0.15, 0.2) is 0 Å². The molecule has 0 bridgehead atoms. The third kappa shape index (κ3) is 2.11. The number of hydrogen-bond acceptors (Lipinski definition) is 2. The van der Waals surface area contributed by atoms with E-state index in [9.17, 15) is 9.18 Å². The molecule has 14 heavy (non-hydrogen) atoms. The van der Waals surface area contributed by atoms with Crippen LogP contribution >= 0.6 is 0 Å². The monoisotopic (exact) mass is 192 g/mol. The zero-order chi connectivity index (χ0) is 10.6. The largest absolute Gasteiger partial charge is 0.465 e. The van der Waals surface area contributed by atoms with E-state index < -0.39 is 11.8 Å². The SMILES string of the molecule is CC#Cc1ccc(C(=O)OC)c(F)c1. The Labute approximate surface area is 81.7 Å². The molecule has 0 spiro atoms. The summed E-state index contributed by atoms with van der Waals surface area (Å²) < 4.78 is 17.6. The van der Waals surface area contributed by atoms with E-state index in [1.165, 1.54) is 19.2 Å². The predicted octanol–water partition coefficient (Wildman–Crippen LogP) is 1.98. The van der Waals surface area contributed by atoms with Crippen molar-refractivity contribution in [3.63, 3.8) is 0 Å². The van der Waals surface area contributed by atoms with Crippen LogP contribution in [0.4, 0.5) is 4.39 Å². The molecule has 1 rings (SSSR count). The summed E-state index contributed by atoms with van der Waals surface area (Å²) in [6.07, 6.45) is 0. The van der Waals surface area contributed by atoms with Crippen molar-refractivity contribution >= 4 is 5.97 Å². The lowest BCUT2D eigenvalue weighted by molar-refractivity contribution is 0.0595. The minimum absolute atomic E-state index is 0.0749. The first-order chi connectivity index (χ1) is 6.69. The van der Waals surface area contributed by atoms with E-state index >= 15 is 0 Å². The number of ether oxygens (including phenoxy) is 1. The van der Waals surface area contributed by atoms with Crippen molar-refractivity contribution in [1.82, 2.24) is 0 Å². The predicted molar refractivity (Wildman–Crippen MR) is 50.3 cm³/mol. The van der Waals surface area contributed by atoms with Crippen LogP contribution < -0.4 is 0 Å². The number of carbonyl (C=O) groups is 1. The van der Waals surface area contributed by atoms with Crippen molar-refractivity contribution in [2.45, 2.75) is 6.92 Å². The Morgan fingerprint density at radius 2 is 2.21 bits per heavy atom. The summed E-state index contributed by atoms with van der Waals surface area (Å²) >= 11 is 0. The molecule has 0 aliphatic rings. The number of rotatable bonds is 1. The lowest BCUT2D eigenvalue weighted by Gasteiger charge is -2.00. The van der Waals surface area contributed by atoms with Crippen molar-refractivity contribution in [2.75, 3.05) is 7.11 Å². The first kappa shape index (κ1) is 10.3. The maximum absolute atomic E-state index is 13.2. The van der Waals surface area contributed by atoms with Gasteiger partial charge < -0.3 is 4.74 Å². The third-order valence-corrected chi connectivity index (χ3v) is 1.64. The van der Waals surface area contributed by atoms with Crippen molar-refractivity contribution < 1.29 is 13.9 Å². The highest BCUT2D eigenvalue weighted by Gasteiger charge is 2.11. The second-order valence-corrected chi connectivity index (χ2v) is 2.56. The lowest BCUT2D eigenvalue weighted by Crippen LogP contribution is -2.04. The van der Waals surface area contributed by atoms with Gasteiger partial charge >= 0.3 is 5.97 Å². The molecule has 0 saturated heterocycles. The quantitative estimate of drug-likeness (QED) is 0.502. The number of halogens is 1. The Hall–Kier alpha value is -1.82. The summed E-state index contributed by atoms with van der Waals surface area (Å²) in [6, 6.07) is 4.15. The van der Waals surface area contributed by atoms with Crippen molar-refractivity contribution in [3.8, 4) is 11.8 Å². The summed E-state index contributed by atoms with van der Waals surface area (Å²) in [7, 11) is 1.21. The van der Waals surface area contributed by atoms with Gasteiger partial charge in [0, 0.05) is 5.56 Å². The molecule has 0 aliphatic carbocycles. The Bertz CT molecular complexity index is 413. The smallest absolute Gasteiger partial charge is 0.340 e. The van der Waals surface area contributed by atoms with Gasteiger partial charge in [-0.3, -0.25) is 0 Å². The third-order valence-electron chi connectivity index (χ3n) is 1.64. The zero-order valence-electron chi connectivity index (χ0n) is 7.93. The van der Waals surface area contributed by atoms with E-state index in [4.69, 9.17) is 0 Å². The number of benzene rings is 1. The van der Waals surface area contributed by atoms with E-state index in [2.05, 4.69) is 16.6 Å². The average molecular weight is 192 g/mol. The molecule has 1 aromatic rings. The summed E-state index contributed by atoms with van der Waals surface area (Å²) in [6.45, 7) is 1.66. The number of esters is 1. The molecule has 0 aromatic heterocycles. The van der Waals surface area contributed by atoms with Crippen LogP contribution in [0.1, 0.15) is 22.8 Å². The highest BCUT2D eigenvalue weighted by molar-refractivity contribution is 5.89. The van der Waals surface area contributed by atoms with Crippen LogP contribution in [0.5, 0.6) is 0 Å². The van der Waals surface area contributed by atoms with Crippen LogP contribution in [0, 0.1) is 17.7 Å². The minimum atomic E-state index is -0.682. The van der Waals surface area contributed by atoms with E-state index in [0.29, 0.717) is 5.56 Å². The van der Waals surface area contributed by atoms with Crippen molar-refractivity contribution in [2.24, 2.45) is 0 Å². The first-order valence-electron chi connectivity index (χ1n) is 3.99. The van der Waals surface area contributed by atoms with Crippen LogP contribution in [0.15, 0.2) is 18.2 Å². The fourth-order valence-corrected chi connectivity index (χ4v) is 1.01. The second-order valence-electron chi connectivity index (χ2n) is 2.56. The van der Waals surface area contributed by atoms with Gasteiger partial charge in [0.25, 0.3) is 0 Å². The summed E-state index contributed by atoms with van der Waals surface area (Å²) in [5.41, 5.74) is 0.465. The Balaban J connectivity index is 3.11. The van der Waals surface area contributed by atoms with Crippen LogP contribution in [0.3, 0.4) is 0 Å². The van der Waals surface area contributed by atoms with E-state index in [1.54, 1.807) is 13.0 Å². The maximum Gasteiger partial charge on any atom is 0.340 e. The van der Waals surface area contributed by atoms with Gasteiger partial charge in [0.05, 0.1) is 12.7 Å². The molecule has 0 heterocycles. The van der Waals surface area contributed by atoms with Gasteiger partial charge in [-0.1, -0.05) is 5.92 Å². The number of methoxy groups -OCH3 is 1. The normalized spacial score (nSPS) is 8.79. The van der Waals surface area contributed by atoms with Gasteiger partial charge in [0.1, 0.15) is 5.82 Å². The zero-order valence-corrected chi connectivity index (χ0v) is 7.93. The number of carbonyl (C=O) groups excluding carboxylic acids is 1. The van der Waals surface area contributed by atoms with Crippen LogP contribution in [-0.4, -0.2) is 13.1 Å². The molecule has 1 aromatic carbocycles. The molecule has 0 radical (unpaired) electrons.